The van der Waals surface area contributed by atoms with Crippen LogP contribution in [0.25, 0.3) is 0 Å². The fourth-order valence-corrected chi connectivity index (χ4v) is 2.14. The molecular formula is C14H16INO. The lowest BCUT2D eigenvalue weighted by molar-refractivity contribution is 0.445. The molecule has 0 radical (unpaired) electrons. The van der Waals surface area contributed by atoms with Gasteiger partial charge in [0.25, 0.3) is 0 Å². The van der Waals surface area contributed by atoms with Gasteiger partial charge in [-0.1, -0.05) is 29.8 Å². The second-order valence-electron chi connectivity index (χ2n) is 4.22. The van der Waals surface area contributed by atoms with E-state index in [9.17, 15) is 0 Å². The first-order chi connectivity index (χ1) is 8.15. The molecule has 0 amide bonds. The maximum atomic E-state index is 5.51. The number of furan rings is 1. The van der Waals surface area contributed by atoms with E-state index in [-0.39, 0.29) is 0 Å². The summed E-state index contributed by atoms with van der Waals surface area (Å²) in [5.74, 6) is 0.980. The van der Waals surface area contributed by atoms with Crippen molar-refractivity contribution in [3.05, 3.63) is 57.1 Å². The smallest absolute Gasteiger partial charge is 0.164 e. The molecule has 90 valence electrons. The molecule has 0 aliphatic heterocycles. The average Bonchev–Trinajstić information content (AvgIpc) is 2.73. The lowest BCUT2D eigenvalue weighted by Gasteiger charge is -2.13. The van der Waals surface area contributed by atoms with Gasteiger partial charge in [0.15, 0.2) is 3.77 Å². The Hall–Kier alpha value is -0.810. The van der Waals surface area contributed by atoms with E-state index in [0.29, 0.717) is 6.04 Å². The Morgan fingerprint density at radius 1 is 1.18 bits per heavy atom. The minimum Gasteiger partial charge on any atom is -0.454 e. The fraction of sp³-hybridized carbons (Fsp3) is 0.286. The number of aryl methyl sites for hydroxylation is 1. The maximum Gasteiger partial charge on any atom is 0.164 e. The molecule has 3 heteroatoms. The molecule has 1 aromatic carbocycles. The van der Waals surface area contributed by atoms with Crippen LogP contribution in [-0.4, -0.2) is 0 Å². The molecular weight excluding hydrogens is 325 g/mol. The van der Waals surface area contributed by atoms with Crippen molar-refractivity contribution in [2.75, 3.05) is 0 Å². The number of rotatable bonds is 4. The van der Waals surface area contributed by atoms with Gasteiger partial charge >= 0.3 is 0 Å². The van der Waals surface area contributed by atoms with Crippen LogP contribution in [0, 0.1) is 10.7 Å². The first kappa shape index (κ1) is 12.6. The van der Waals surface area contributed by atoms with Crippen LogP contribution in [0.3, 0.4) is 0 Å². The lowest BCUT2D eigenvalue weighted by Crippen LogP contribution is -2.17. The normalized spacial score (nSPS) is 12.6. The van der Waals surface area contributed by atoms with E-state index in [4.69, 9.17) is 4.42 Å². The van der Waals surface area contributed by atoms with E-state index < -0.39 is 0 Å². The largest absolute Gasteiger partial charge is 0.454 e. The van der Waals surface area contributed by atoms with Crippen LogP contribution in [0.5, 0.6) is 0 Å². The van der Waals surface area contributed by atoms with E-state index in [0.717, 1.165) is 16.1 Å². The van der Waals surface area contributed by atoms with E-state index in [1.807, 2.05) is 12.1 Å². The molecule has 0 spiro atoms. The molecule has 0 aliphatic rings. The summed E-state index contributed by atoms with van der Waals surface area (Å²) in [5.41, 5.74) is 2.60. The van der Waals surface area contributed by atoms with Gasteiger partial charge in [-0.3, -0.25) is 0 Å². The van der Waals surface area contributed by atoms with Crippen molar-refractivity contribution in [3.63, 3.8) is 0 Å². The van der Waals surface area contributed by atoms with Crippen molar-refractivity contribution in [3.8, 4) is 0 Å². The van der Waals surface area contributed by atoms with Gasteiger partial charge < -0.3 is 9.73 Å². The summed E-state index contributed by atoms with van der Waals surface area (Å²) in [7, 11) is 0. The highest BCUT2D eigenvalue weighted by Crippen LogP contribution is 2.15. The summed E-state index contributed by atoms with van der Waals surface area (Å²) in [6, 6.07) is 12.9. The Labute approximate surface area is 116 Å². The molecule has 0 saturated carbocycles. The Balaban J connectivity index is 1.93. The van der Waals surface area contributed by atoms with Crippen molar-refractivity contribution < 1.29 is 4.42 Å². The molecule has 1 aromatic heterocycles. The second kappa shape index (κ2) is 5.69. The van der Waals surface area contributed by atoms with E-state index in [1.165, 1.54) is 11.1 Å². The Bertz CT molecular complexity index is 475. The molecule has 2 rings (SSSR count). The van der Waals surface area contributed by atoms with Crippen molar-refractivity contribution >= 4 is 22.6 Å². The fourth-order valence-electron chi connectivity index (χ4n) is 1.67. The Kier molecular flexibility index (Phi) is 4.23. The highest BCUT2D eigenvalue weighted by atomic mass is 127. The molecule has 1 atom stereocenters. The minimum absolute atomic E-state index is 0.332. The van der Waals surface area contributed by atoms with Crippen LogP contribution in [0.1, 0.15) is 29.9 Å². The van der Waals surface area contributed by atoms with Gasteiger partial charge in [0.05, 0.1) is 6.54 Å². The summed E-state index contributed by atoms with van der Waals surface area (Å²) >= 11 is 2.18. The van der Waals surface area contributed by atoms with Crippen LogP contribution in [0.15, 0.2) is 40.8 Å². The first-order valence-corrected chi connectivity index (χ1v) is 6.77. The lowest BCUT2D eigenvalue weighted by atomic mass is 10.1. The van der Waals surface area contributed by atoms with Crippen molar-refractivity contribution in [2.45, 2.75) is 26.4 Å². The zero-order chi connectivity index (χ0) is 12.3. The Morgan fingerprint density at radius 2 is 1.88 bits per heavy atom. The molecule has 0 unspecified atom stereocenters. The summed E-state index contributed by atoms with van der Waals surface area (Å²) in [4.78, 5) is 0. The van der Waals surface area contributed by atoms with Crippen LogP contribution in [-0.2, 0) is 6.54 Å². The number of benzene rings is 1. The summed E-state index contributed by atoms with van der Waals surface area (Å²) in [5, 5.41) is 3.45. The van der Waals surface area contributed by atoms with Crippen molar-refractivity contribution in [2.24, 2.45) is 0 Å². The van der Waals surface area contributed by atoms with Crippen LogP contribution in [0.4, 0.5) is 0 Å². The molecule has 0 aliphatic carbocycles. The van der Waals surface area contributed by atoms with Crippen molar-refractivity contribution in [1.29, 1.82) is 0 Å². The topological polar surface area (TPSA) is 25.2 Å². The molecule has 2 nitrogen and oxygen atoms in total. The van der Waals surface area contributed by atoms with Crippen LogP contribution < -0.4 is 5.32 Å². The highest BCUT2D eigenvalue weighted by molar-refractivity contribution is 14.1. The third kappa shape index (κ3) is 3.57. The molecule has 17 heavy (non-hydrogen) atoms. The number of hydrogen-bond acceptors (Lipinski definition) is 2. The third-order valence-corrected chi connectivity index (χ3v) is 3.37. The molecule has 0 saturated heterocycles. The minimum atomic E-state index is 0.332. The standard InChI is InChI=1S/C14H16INO/c1-10-3-5-12(6-4-10)11(2)16-9-13-7-8-14(15)17-13/h3-8,11,16H,9H2,1-2H3/t11-/m1/s1. The van der Waals surface area contributed by atoms with Gasteiger partial charge in [-0.25, -0.2) is 0 Å². The summed E-state index contributed by atoms with van der Waals surface area (Å²) in [6.45, 7) is 5.03. The number of hydrogen-bond donors (Lipinski definition) is 1. The van der Waals surface area contributed by atoms with Gasteiger partial charge in [0.1, 0.15) is 5.76 Å². The van der Waals surface area contributed by atoms with Crippen LogP contribution >= 0.6 is 22.6 Å². The zero-order valence-electron chi connectivity index (χ0n) is 10.0. The van der Waals surface area contributed by atoms with E-state index in [2.05, 4.69) is 66.0 Å². The quantitative estimate of drug-likeness (QED) is 0.849. The van der Waals surface area contributed by atoms with Gasteiger partial charge in [0, 0.05) is 6.04 Å². The monoisotopic (exact) mass is 341 g/mol. The number of nitrogens with one attached hydrogen (secondary N) is 1. The third-order valence-electron chi connectivity index (χ3n) is 2.79. The molecule has 0 fully saturated rings. The van der Waals surface area contributed by atoms with Gasteiger partial charge in [-0.15, -0.1) is 0 Å². The van der Waals surface area contributed by atoms with Crippen LogP contribution in [0.2, 0.25) is 0 Å². The molecule has 1 heterocycles. The molecule has 0 bridgehead atoms. The highest BCUT2D eigenvalue weighted by Gasteiger charge is 2.06. The average molecular weight is 341 g/mol. The predicted octanol–water partition coefficient (Wildman–Crippen LogP) is 4.04. The van der Waals surface area contributed by atoms with Gasteiger partial charge in [-0.05, 0) is 54.1 Å². The molecule has 2 aromatic rings. The first-order valence-electron chi connectivity index (χ1n) is 5.69. The Morgan fingerprint density at radius 3 is 2.47 bits per heavy atom. The SMILES string of the molecule is Cc1ccc([C@@H](C)NCc2ccc(I)o2)cc1. The predicted molar refractivity (Wildman–Crippen MR) is 77.9 cm³/mol. The molecule has 1 N–H and O–H groups in total. The zero-order valence-corrected chi connectivity index (χ0v) is 12.2. The van der Waals surface area contributed by atoms with E-state index in [1.54, 1.807) is 0 Å². The van der Waals surface area contributed by atoms with Gasteiger partial charge in [0.2, 0.25) is 0 Å². The van der Waals surface area contributed by atoms with E-state index >= 15 is 0 Å². The maximum absolute atomic E-state index is 5.51. The van der Waals surface area contributed by atoms with Gasteiger partial charge in [-0.2, -0.15) is 0 Å². The second-order valence-corrected chi connectivity index (χ2v) is 5.28. The van der Waals surface area contributed by atoms with Crippen molar-refractivity contribution in [1.82, 2.24) is 5.32 Å². The summed E-state index contributed by atoms with van der Waals surface area (Å²) in [6.07, 6.45) is 0. The summed E-state index contributed by atoms with van der Waals surface area (Å²) < 4.78 is 6.45. The number of halogens is 1.